The van der Waals surface area contributed by atoms with E-state index < -0.39 is 5.78 Å². The van der Waals surface area contributed by atoms with E-state index in [0.717, 1.165) is 37.1 Å². The molecule has 1 aliphatic rings. The molecule has 3 aromatic rings. The number of aromatic amines is 1. The highest BCUT2D eigenvalue weighted by molar-refractivity contribution is 6.37. The van der Waals surface area contributed by atoms with Gasteiger partial charge in [-0.05, 0) is 25.5 Å². The predicted octanol–water partition coefficient (Wildman–Crippen LogP) is 4.59. The summed E-state index contributed by atoms with van der Waals surface area (Å²) in [5.74, 6) is 0.485. The second-order valence-corrected chi connectivity index (χ2v) is 9.71. The lowest BCUT2D eigenvalue weighted by Crippen LogP contribution is -2.28. The quantitative estimate of drug-likeness (QED) is 0.0877. The third-order valence-corrected chi connectivity index (χ3v) is 6.55. The molecule has 1 fully saturated rings. The Morgan fingerprint density at radius 2 is 1.88 bits per heavy atom. The van der Waals surface area contributed by atoms with Crippen LogP contribution < -0.4 is 15.8 Å². The van der Waals surface area contributed by atoms with Crippen molar-refractivity contribution in [2.24, 2.45) is 11.7 Å². The van der Waals surface area contributed by atoms with E-state index in [1.165, 1.54) is 37.5 Å². The number of nitrogens with one attached hydrogen (secondary N) is 4. The number of carbonyl (C=O) groups is 2. The van der Waals surface area contributed by atoms with Crippen LogP contribution in [0.5, 0.6) is 5.75 Å². The lowest BCUT2D eigenvalue weighted by Gasteiger charge is -2.27. The Hall–Kier alpha value is -4.77. The maximum Gasteiger partial charge on any atom is 0.227 e. The number of nitrogens with two attached hydrogens (primary N) is 1. The Bertz CT molecular complexity index is 1450. The van der Waals surface area contributed by atoms with E-state index in [4.69, 9.17) is 26.0 Å². The van der Waals surface area contributed by atoms with Gasteiger partial charge in [-0.3, -0.25) is 20.4 Å². The number of ketones is 1. The zero-order valence-electron chi connectivity index (χ0n) is 23.8. The molecule has 1 saturated heterocycles. The fourth-order valence-corrected chi connectivity index (χ4v) is 4.29. The number of H-pyrrole nitrogens is 1. The Morgan fingerprint density at radius 1 is 1.20 bits per heavy atom. The lowest BCUT2D eigenvalue weighted by molar-refractivity contribution is -0.104. The van der Waals surface area contributed by atoms with E-state index in [-0.39, 0.29) is 29.6 Å². The Balaban J connectivity index is 0.000000228. The van der Waals surface area contributed by atoms with E-state index in [9.17, 15) is 9.59 Å². The Morgan fingerprint density at radius 3 is 2.46 bits per heavy atom. The molecule has 0 spiro atoms. The molecule has 11 nitrogen and oxygen atoms in total. The van der Waals surface area contributed by atoms with Gasteiger partial charge < -0.3 is 30.4 Å². The number of carbonyl (C=O) groups excluding carboxylic acids is 2. The first-order valence-electron chi connectivity index (χ1n) is 13.2. The molecule has 41 heavy (non-hydrogen) atoms. The van der Waals surface area contributed by atoms with Crippen LogP contribution in [0.4, 0.5) is 5.82 Å². The summed E-state index contributed by atoms with van der Waals surface area (Å²) in [4.78, 5) is 31.5. The number of likely N-dealkylation sites (tertiary alicyclic amines) is 1. The number of rotatable bonds is 8. The van der Waals surface area contributed by atoms with Gasteiger partial charge in [0.15, 0.2) is 18.0 Å². The number of aromatic nitrogens is 2. The van der Waals surface area contributed by atoms with Gasteiger partial charge in [-0.1, -0.05) is 49.8 Å². The maximum absolute atomic E-state index is 11.6. The number of Topliss-reactive ketones (excluding diaryl/α,β-unsaturated/α-hetero) is 1. The van der Waals surface area contributed by atoms with Gasteiger partial charge in [0.05, 0.1) is 29.8 Å². The minimum absolute atomic E-state index is 0.0140. The highest BCUT2D eigenvalue weighted by Gasteiger charge is 2.21. The lowest BCUT2D eigenvalue weighted by atomic mass is 9.93. The zero-order valence-corrected chi connectivity index (χ0v) is 23.8. The van der Waals surface area contributed by atoms with Crippen LogP contribution in [0.2, 0.25) is 0 Å². The van der Waals surface area contributed by atoms with Crippen molar-refractivity contribution in [2.45, 2.75) is 26.7 Å². The predicted molar refractivity (Wildman–Crippen MR) is 161 cm³/mol. The first-order chi connectivity index (χ1) is 19.7. The van der Waals surface area contributed by atoms with Crippen LogP contribution in [0.1, 0.15) is 42.6 Å². The highest BCUT2D eigenvalue weighted by atomic mass is 16.5. The summed E-state index contributed by atoms with van der Waals surface area (Å²) in [5.41, 5.74) is 9.16. The average molecular weight is 560 g/mol. The molecule has 216 valence electrons. The summed E-state index contributed by atoms with van der Waals surface area (Å²) in [6, 6.07) is 9.95. The second kappa shape index (κ2) is 14.6. The van der Waals surface area contributed by atoms with Crippen LogP contribution in [-0.2, 0) is 9.53 Å². The number of anilines is 1. The van der Waals surface area contributed by atoms with Crippen molar-refractivity contribution < 1.29 is 19.1 Å². The van der Waals surface area contributed by atoms with Gasteiger partial charge in [0.1, 0.15) is 5.75 Å². The van der Waals surface area contributed by atoms with Gasteiger partial charge in [-0.15, -0.1) is 0 Å². The first kappa shape index (κ1) is 30.8. The second-order valence-electron chi connectivity index (χ2n) is 9.71. The van der Waals surface area contributed by atoms with E-state index >= 15 is 0 Å². The maximum atomic E-state index is 11.6. The van der Waals surface area contributed by atoms with Crippen LogP contribution in [0.15, 0.2) is 60.7 Å². The minimum atomic E-state index is -0.629. The molecule has 0 atom stereocenters. The molecular weight excluding hydrogens is 522 g/mol. The average Bonchev–Trinajstić information content (AvgIpc) is 3.43. The number of hydrogen-bond donors (Lipinski definition) is 5. The molecule has 0 amide bonds. The highest BCUT2D eigenvalue weighted by Crippen LogP contribution is 2.32. The van der Waals surface area contributed by atoms with E-state index in [1.54, 1.807) is 0 Å². The summed E-state index contributed by atoms with van der Waals surface area (Å²) >= 11 is 0. The monoisotopic (exact) mass is 559 g/mol. The summed E-state index contributed by atoms with van der Waals surface area (Å²) in [5, 5.41) is 19.6. The molecule has 6 N–H and O–H groups in total. The molecule has 0 bridgehead atoms. The van der Waals surface area contributed by atoms with Gasteiger partial charge >= 0.3 is 0 Å². The third-order valence-electron chi connectivity index (χ3n) is 6.55. The standard InChI is InChI=1S/C18H25N3O.C12H12N4O3/c1-13(2)17(19)22-18(20)16(14-7-5-4-6-8-14)15-9-11-21(3)12-10-15;1-19-9-5-16-12(14-3-2-13)11-10(9)7(4-15-11)8(18)6-17/h4-8,13,19-20H,9-12H2,1-3H3;2-6,15H,13H2,1H3,(H,14,16)/b;3-2-. The molecule has 0 saturated carbocycles. The van der Waals surface area contributed by atoms with Crippen molar-refractivity contribution in [1.29, 1.82) is 10.8 Å². The summed E-state index contributed by atoms with van der Waals surface area (Å²) in [6.45, 7) is 5.81. The number of pyridine rings is 1. The molecule has 4 rings (SSSR count). The fourth-order valence-electron chi connectivity index (χ4n) is 4.29. The van der Waals surface area contributed by atoms with E-state index in [2.05, 4.69) is 27.2 Å². The molecule has 11 heteroatoms. The molecule has 0 aliphatic carbocycles. The molecule has 1 aliphatic heterocycles. The number of benzene rings is 1. The zero-order chi connectivity index (χ0) is 29.9. The largest absolute Gasteiger partial charge is 0.494 e. The number of hydrogen-bond acceptors (Lipinski definition) is 10. The number of aldehydes is 1. The van der Waals surface area contributed by atoms with Gasteiger partial charge in [0, 0.05) is 43.2 Å². The molecule has 1 aromatic carbocycles. The molecule has 0 unspecified atom stereocenters. The third kappa shape index (κ3) is 7.67. The van der Waals surface area contributed by atoms with Crippen molar-refractivity contribution in [3.8, 4) is 5.75 Å². The van der Waals surface area contributed by atoms with Gasteiger partial charge in [-0.2, -0.15) is 0 Å². The van der Waals surface area contributed by atoms with Gasteiger partial charge in [0.25, 0.3) is 0 Å². The van der Waals surface area contributed by atoms with Crippen molar-refractivity contribution in [3.05, 3.63) is 71.8 Å². The normalized spacial score (nSPS) is 13.4. The fraction of sp³-hybridized carbons (Fsp3) is 0.300. The van der Waals surface area contributed by atoms with Crippen LogP contribution in [-0.4, -0.2) is 66.0 Å². The van der Waals surface area contributed by atoms with Crippen molar-refractivity contribution in [2.75, 3.05) is 32.6 Å². The number of fused-ring (bicyclic) bond motifs is 1. The summed E-state index contributed by atoms with van der Waals surface area (Å²) in [6.07, 6.45) is 7.88. The molecule has 2 aromatic heterocycles. The van der Waals surface area contributed by atoms with E-state index in [1.807, 2.05) is 44.2 Å². The first-order valence-corrected chi connectivity index (χ1v) is 13.2. The summed E-state index contributed by atoms with van der Waals surface area (Å²) in [7, 11) is 3.58. The number of piperidine rings is 1. The Kier molecular flexibility index (Phi) is 10.9. The molecular formula is C30H37N7O4. The molecule has 3 heterocycles. The smallest absolute Gasteiger partial charge is 0.227 e. The van der Waals surface area contributed by atoms with Crippen LogP contribution >= 0.6 is 0 Å². The van der Waals surface area contributed by atoms with Crippen molar-refractivity contribution >= 4 is 46.2 Å². The molecule has 0 radical (unpaired) electrons. The van der Waals surface area contributed by atoms with Crippen molar-refractivity contribution in [1.82, 2.24) is 14.9 Å². The van der Waals surface area contributed by atoms with Crippen LogP contribution in [0.3, 0.4) is 0 Å². The Labute approximate surface area is 239 Å². The number of nitrogens with zero attached hydrogens (tertiary/aromatic N) is 2. The van der Waals surface area contributed by atoms with Crippen molar-refractivity contribution in [3.63, 3.8) is 0 Å². The van der Waals surface area contributed by atoms with E-state index in [0.29, 0.717) is 22.5 Å². The van der Waals surface area contributed by atoms with Gasteiger partial charge in [0.2, 0.25) is 11.7 Å². The number of ether oxygens (including phenoxy) is 2. The summed E-state index contributed by atoms with van der Waals surface area (Å²) < 4.78 is 10.7. The number of methoxy groups -OCH3 is 1. The minimum Gasteiger partial charge on any atom is -0.494 e. The topological polar surface area (TPSA) is 170 Å². The van der Waals surface area contributed by atoms with Crippen LogP contribution in [0.25, 0.3) is 16.5 Å². The van der Waals surface area contributed by atoms with Crippen LogP contribution in [0, 0.1) is 16.7 Å². The SMILES string of the molecule is CC(C)C(=N)OC(=N)C(=C1CCN(C)CC1)c1ccccc1.COc1cnc(N/C=C\N)c2[nH]cc(C(=O)C=O)c12. The van der Waals surface area contributed by atoms with Gasteiger partial charge in [-0.25, -0.2) is 4.98 Å².